The third-order valence-corrected chi connectivity index (χ3v) is 3.91. The second-order valence-electron chi connectivity index (χ2n) is 5.46. The van der Waals surface area contributed by atoms with E-state index in [0.717, 1.165) is 29.1 Å². The Balaban J connectivity index is 2.42. The zero-order valence-corrected chi connectivity index (χ0v) is 14.3. The molecule has 0 spiro atoms. The van der Waals surface area contributed by atoms with Crippen molar-refractivity contribution < 1.29 is 23.1 Å². The molecule has 6 nitrogen and oxygen atoms in total. The summed E-state index contributed by atoms with van der Waals surface area (Å²) >= 11 is 5.98. The van der Waals surface area contributed by atoms with E-state index in [4.69, 9.17) is 16.7 Å². The highest BCUT2D eigenvalue weighted by Crippen LogP contribution is 2.30. The van der Waals surface area contributed by atoms with E-state index in [1.54, 1.807) is 6.92 Å². The van der Waals surface area contributed by atoms with Crippen LogP contribution in [-0.4, -0.2) is 26.9 Å². The Kier molecular flexibility index (Phi) is 5.91. The van der Waals surface area contributed by atoms with Gasteiger partial charge in [0.25, 0.3) is 5.56 Å². The molecule has 0 saturated carbocycles. The van der Waals surface area contributed by atoms with Crippen molar-refractivity contribution in [2.24, 2.45) is 0 Å². The Hall–Kier alpha value is -2.55. The molecule has 0 aliphatic rings. The van der Waals surface area contributed by atoms with Gasteiger partial charge < -0.3 is 10.4 Å². The normalized spacial score (nSPS) is 12.7. The molecule has 0 bridgehead atoms. The summed E-state index contributed by atoms with van der Waals surface area (Å²) in [5, 5.41) is 15.2. The molecule has 0 aliphatic heterocycles. The molecule has 2 N–H and O–H groups in total. The molecule has 140 valence electrons. The molecule has 0 saturated heterocycles. The molecule has 0 amide bonds. The van der Waals surface area contributed by atoms with Crippen LogP contribution in [-0.2, 0) is 11.0 Å². The predicted octanol–water partition coefficient (Wildman–Crippen LogP) is 3.57. The number of hydrogen-bond donors (Lipinski definition) is 2. The number of anilines is 1. The van der Waals surface area contributed by atoms with Crippen LogP contribution in [0.3, 0.4) is 0 Å². The van der Waals surface area contributed by atoms with Crippen LogP contribution in [0.25, 0.3) is 5.69 Å². The van der Waals surface area contributed by atoms with Gasteiger partial charge in [-0.25, -0.2) is 4.79 Å². The maximum atomic E-state index is 12.8. The van der Waals surface area contributed by atoms with Gasteiger partial charge in [0.2, 0.25) is 0 Å². The van der Waals surface area contributed by atoms with Crippen LogP contribution in [0.5, 0.6) is 0 Å². The zero-order valence-electron chi connectivity index (χ0n) is 13.5. The van der Waals surface area contributed by atoms with Crippen molar-refractivity contribution in [3.8, 4) is 5.69 Å². The summed E-state index contributed by atoms with van der Waals surface area (Å²) in [6.07, 6.45) is -2.59. The Bertz CT molecular complexity index is 868. The third-order valence-electron chi connectivity index (χ3n) is 3.54. The average molecular weight is 390 g/mol. The minimum Gasteiger partial charge on any atom is -0.480 e. The van der Waals surface area contributed by atoms with E-state index >= 15 is 0 Å². The van der Waals surface area contributed by atoms with E-state index in [9.17, 15) is 22.8 Å². The Morgan fingerprint density at radius 2 is 2.12 bits per heavy atom. The maximum Gasteiger partial charge on any atom is 0.416 e. The molecular formula is C16H15ClF3N3O3. The summed E-state index contributed by atoms with van der Waals surface area (Å²) < 4.78 is 39.2. The van der Waals surface area contributed by atoms with Crippen LogP contribution < -0.4 is 10.9 Å². The van der Waals surface area contributed by atoms with Crippen molar-refractivity contribution in [2.75, 3.05) is 5.32 Å². The second-order valence-corrected chi connectivity index (χ2v) is 5.84. The number of rotatable bonds is 6. The SMILES string of the molecule is CCCC(Nc1cnn(-c2cccc(C(F)(F)F)c2)c(=O)c1Cl)C(=O)O. The number of benzene rings is 1. The number of aromatic nitrogens is 2. The minimum atomic E-state index is -4.57. The maximum absolute atomic E-state index is 12.8. The Labute approximate surface area is 151 Å². The summed E-state index contributed by atoms with van der Waals surface area (Å²) in [5.41, 5.74) is -1.91. The molecule has 26 heavy (non-hydrogen) atoms. The third kappa shape index (κ3) is 4.34. The largest absolute Gasteiger partial charge is 0.480 e. The van der Waals surface area contributed by atoms with Crippen molar-refractivity contribution in [2.45, 2.75) is 32.0 Å². The molecule has 1 heterocycles. The van der Waals surface area contributed by atoms with Gasteiger partial charge in [-0.05, 0) is 24.6 Å². The highest BCUT2D eigenvalue weighted by molar-refractivity contribution is 6.33. The Morgan fingerprint density at radius 3 is 2.69 bits per heavy atom. The lowest BCUT2D eigenvalue weighted by atomic mass is 10.1. The fourth-order valence-corrected chi connectivity index (χ4v) is 2.45. The minimum absolute atomic E-state index is 0.000688. The molecule has 1 aromatic heterocycles. The monoisotopic (exact) mass is 389 g/mol. The number of nitrogens with zero attached hydrogens (tertiary/aromatic N) is 2. The number of carbonyl (C=O) groups is 1. The smallest absolute Gasteiger partial charge is 0.416 e. The van der Waals surface area contributed by atoms with Gasteiger partial charge in [-0.15, -0.1) is 0 Å². The quantitative estimate of drug-likeness (QED) is 0.789. The first-order valence-corrected chi connectivity index (χ1v) is 7.97. The average Bonchev–Trinajstić information content (AvgIpc) is 2.57. The molecule has 2 rings (SSSR count). The van der Waals surface area contributed by atoms with Crippen LogP contribution in [0.4, 0.5) is 18.9 Å². The molecule has 1 atom stereocenters. The van der Waals surface area contributed by atoms with E-state index in [-0.39, 0.29) is 16.4 Å². The van der Waals surface area contributed by atoms with E-state index in [1.165, 1.54) is 6.07 Å². The van der Waals surface area contributed by atoms with Crippen LogP contribution in [0.2, 0.25) is 5.02 Å². The fraction of sp³-hybridized carbons (Fsp3) is 0.312. The first kappa shape index (κ1) is 19.8. The predicted molar refractivity (Wildman–Crippen MR) is 89.8 cm³/mol. The Morgan fingerprint density at radius 1 is 1.42 bits per heavy atom. The number of nitrogens with one attached hydrogen (secondary N) is 1. The van der Waals surface area contributed by atoms with Crippen LogP contribution >= 0.6 is 11.6 Å². The van der Waals surface area contributed by atoms with Gasteiger partial charge in [0.05, 0.1) is 23.1 Å². The van der Waals surface area contributed by atoms with Crippen LogP contribution in [0, 0.1) is 0 Å². The number of carboxylic acids is 1. The van der Waals surface area contributed by atoms with E-state index in [2.05, 4.69) is 10.4 Å². The van der Waals surface area contributed by atoms with Gasteiger partial charge in [-0.3, -0.25) is 4.79 Å². The number of halogens is 4. The molecule has 0 fully saturated rings. The molecule has 1 unspecified atom stereocenters. The van der Waals surface area contributed by atoms with Gasteiger partial charge in [0.15, 0.2) is 0 Å². The highest BCUT2D eigenvalue weighted by atomic mass is 35.5. The first-order valence-electron chi connectivity index (χ1n) is 7.60. The summed E-state index contributed by atoms with van der Waals surface area (Å²) in [6.45, 7) is 1.79. The summed E-state index contributed by atoms with van der Waals surface area (Å²) in [7, 11) is 0. The van der Waals surface area contributed by atoms with Gasteiger partial charge in [0.1, 0.15) is 11.1 Å². The van der Waals surface area contributed by atoms with Gasteiger partial charge in [-0.2, -0.15) is 23.0 Å². The van der Waals surface area contributed by atoms with Crippen molar-refractivity contribution in [3.63, 3.8) is 0 Å². The fourth-order valence-electron chi connectivity index (χ4n) is 2.27. The lowest BCUT2D eigenvalue weighted by Gasteiger charge is -2.16. The molecule has 0 radical (unpaired) electrons. The lowest BCUT2D eigenvalue weighted by molar-refractivity contribution is -0.138. The van der Waals surface area contributed by atoms with E-state index in [0.29, 0.717) is 12.8 Å². The van der Waals surface area contributed by atoms with Gasteiger partial charge in [-0.1, -0.05) is 31.0 Å². The number of aliphatic carboxylic acids is 1. The second kappa shape index (κ2) is 7.77. The van der Waals surface area contributed by atoms with Crippen molar-refractivity contribution in [1.29, 1.82) is 0 Å². The lowest BCUT2D eigenvalue weighted by Crippen LogP contribution is -2.31. The van der Waals surface area contributed by atoms with Gasteiger partial charge >= 0.3 is 12.1 Å². The highest BCUT2D eigenvalue weighted by Gasteiger charge is 2.30. The van der Waals surface area contributed by atoms with Crippen molar-refractivity contribution >= 4 is 23.3 Å². The molecule has 2 aromatic rings. The van der Waals surface area contributed by atoms with Crippen molar-refractivity contribution in [3.05, 3.63) is 51.4 Å². The van der Waals surface area contributed by atoms with E-state index < -0.39 is 29.3 Å². The standard InChI is InChI=1S/C16H15ClF3N3O3/c1-2-4-11(15(25)26)22-12-8-21-23(14(24)13(12)17)10-6-3-5-9(7-10)16(18,19)20/h3,5-8,11,22H,2,4H2,1H3,(H,25,26). The summed E-state index contributed by atoms with van der Waals surface area (Å²) in [5.74, 6) is -1.12. The molecular weight excluding hydrogens is 375 g/mol. The number of hydrogen-bond acceptors (Lipinski definition) is 4. The number of alkyl halides is 3. The number of carboxylic acid groups (broad SMARTS) is 1. The van der Waals surface area contributed by atoms with Crippen LogP contribution in [0.15, 0.2) is 35.3 Å². The van der Waals surface area contributed by atoms with Crippen molar-refractivity contribution in [1.82, 2.24) is 9.78 Å². The van der Waals surface area contributed by atoms with E-state index in [1.807, 2.05) is 0 Å². The van der Waals surface area contributed by atoms with Crippen LogP contribution in [0.1, 0.15) is 25.3 Å². The summed E-state index contributed by atoms with van der Waals surface area (Å²) in [4.78, 5) is 23.6. The molecule has 0 aliphatic carbocycles. The molecule has 1 aromatic carbocycles. The molecule has 10 heteroatoms. The van der Waals surface area contributed by atoms with Gasteiger partial charge in [0, 0.05) is 0 Å². The first-order chi connectivity index (χ1) is 12.1. The zero-order chi connectivity index (χ0) is 19.5. The summed E-state index contributed by atoms with van der Waals surface area (Å²) in [6, 6.07) is 3.10. The topological polar surface area (TPSA) is 84.2 Å².